The second kappa shape index (κ2) is 10.2. The first kappa shape index (κ1) is 23.0. The summed E-state index contributed by atoms with van der Waals surface area (Å²) in [5.74, 6) is -0.00102. The van der Waals surface area contributed by atoms with E-state index in [2.05, 4.69) is 27.6 Å². The Morgan fingerprint density at radius 1 is 1.09 bits per heavy atom. The molecule has 0 N–H and O–H groups in total. The molecule has 33 heavy (non-hydrogen) atoms. The average Bonchev–Trinajstić information content (AvgIpc) is 3.14. The summed E-state index contributed by atoms with van der Waals surface area (Å²) in [6.45, 7) is 4.79. The fraction of sp³-hybridized carbons (Fsp3) is 0.154. The van der Waals surface area contributed by atoms with Crippen molar-refractivity contribution in [2.45, 2.75) is 20.5 Å². The standard InChI is InChI=1S/C26H21FINO4/c1-3-31-23-14-17(12-21(28)24(23)32-15-18-9-5-4-8-16(18)2)13-22-26(30)33-25(29-22)19-10-6-7-11-20(19)27/h4-14H,3,15H2,1-2H3/b22-13-. The normalized spacial score (nSPS) is 14.2. The van der Waals surface area contributed by atoms with Crippen LogP contribution in [0.5, 0.6) is 11.5 Å². The molecule has 0 saturated heterocycles. The maximum absolute atomic E-state index is 14.1. The Labute approximate surface area is 205 Å². The molecular formula is C26H21FINO4. The molecule has 0 bridgehead atoms. The Hall–Kier alpha value is -3.20. The summed E-state index contributed by atoms with van der Waals surface area (Å²) in [5.41, 5.74) is 3.15. The lowest BCUT2D eigenvalue weighted by molar-refractivity contribution is -0.129. The first-order valence-corrected chi connectivity index (χ1v) is 11.4. The van der Waals surface area contributed by atoms with Gasteiger partial charge in [-0.05, 0) is 83.5 Å². The third-order valence-electron chi connectivity index (χ3n) is 4.99. The third kappa shape index (κ3) is 5.24. The van der Waals surface area contributed by atoms with Crippen LogP contribution >= 0.6 is 22.6 Å². The number of cyclic esters (lactones) is 1. The van der Waals surface area contributed by atoms with E-state index in [0.29, 0.717) is 30.3 Å². The van der Waals surface area contributed by atoms with Crippen LogP contribution in [0.1, 0.15) is 29.2 Å². The van der Waals surface area contributed by atoms with E-state index in [9.17, 15) is 9.18 Å². The lowest BCUT2D eigenvalue weighted by Crippen LogP contribution is -2.07. The monoisotopic (exact) mass is 557 g/mol. The number of aliphatic imine (C=N–C) groups is 1. The Bertz CT molecular complexity index is 1270. The molecule has 7 heteroatoms. The maximum Gasteiger partial charge on any atom is 0.363 e. The highest BCUT2D eigenvalue weighted by atomic mass is 127. The van der Waals surface area contributed by atoms with E-state index in [-0.39, 0.29) is 17.2 Å². The van der Waals surface area contributed by atoms with Gasteiger partial charge in [0.05, 0.1) is 15.7 Å². The summed E-state index contributed by atoms with van der Waals surface area (Å²) in [7, 11) is 0. The minimum atomic E-state index is -0.638. The Kier molecular flexibility index (Phi) is 7.08. The molecule has 1 heterocycles. The Morgan fingerprint density at radius 2 is 1.85 bits per heavy atom. The van der Waals surface area contributed by atoms with Crippen LogP contribution in [-0.4, -0.2) is 18.5 Å². The summed E-state index contributed by atoms with van der Waals surface area (Å²) in [4.78, 5) is 16.5. The van der Waals surface area contributed by atoms with Crippen molar-refractivity contribution in [3.8, 4) is 11.5 Å². The van der Waals surface area contributed by atoms with Gasteiger partial charge in [-0.15, -0.1) is 0 Å². The van der Waals surface area contributed by atoms with Crippen molar-refractivity contribution in [3.63, 3.8) is 0 Å². The number of benzene rings is 3. The zero-order chi connectivity index (χ0) is 23.4. The molecule has 0 unspecified atom stereocenters. The number of esters is 1. The van der Waals surface area contributed by atoms with Crippen molar-refractivity contribution < 1.29 is 23.4 Å². The number of ether oxygens (including phenoxy) is 3. The highest BCUT2D eigenvalue weighted by Gasteiger charge is 2.26. The SMILES string of the molecule is CCOc1cc(/C=C2\N=C(c3ccccc3F)OC2=O)cc(I)c1OCc1ccccc1C. The number of carbonyl (C=O) groups excluding carboxylic acids is 1. The van der Waals surface area contributed by atoms with Crippen molar-refractivity contribution in [2.24, 2.45) is 4.99 Å². The molecule has 0 amide bonds. The molecule has 168 valence electrons. The van der Waals surface area contributed by atoms with Gasteiger partial charge in [0.15, 0.2) is 17.2 Å². The summed E-state index contributed by atoms with van der Waals surface area (Å²) in [5, 5.41) is 0. The van der Waals surface area contributed by atoms with E-state index in [1.54, 1.807) is 24.3 Å². The van der Waals surface area contributed by atoms with Crippen LogP contribution in [0.2, 0.25) is 0 Å². The van der Waals surface area contributed by atoms with Crippen molar-refractivity contribution in [3.05, 3.63) is 98.0 Å². The molecular weight excluding hydrogens is 536 g/mol. The molecule has 0 aromatic heterocycles. The van der Waals surface area contributed by atoms with Crippen LogP contribution in [0.4, 0.5) is 4.39 Å². The van der Waals surface area contributed by atoms with E-state index in [0.717, 1.165) is 14.7 Å². The molecule has 1 aliphatic heterocycles. The minimum Gasteiger partial charge on any atom is -0.490 e. The minimum absolute atomic E-state index is 0.0535. The van der Waals surface area contributed by atoms with Crippen LogP contribution in [-0.2, 0) is 16.1 Å². The smallest absolute Gasteiger partial charge is 0.363 e. The van der Waals surface area contributed by atoms with Gasteiger partial charge in [-0.1, -0.05) is 36.4 Å². The zero-order valence-corrected chi connectivity index (χ0v) is 20.3. The second-order valence-corrected chi connectivity index (χ2v) is 8.46. The van der Waals surface area contributed by atoms with Crippen molar-refractivity contribution in [1.29, 1.82) is 0 Å². The summed E-state index contributed by atoms with van der Waals surface area (Å²) in [6, 6.07) is 17.7. The van der Waals surface area contributed by atoms with Gasteiger partial charge >= 0.3 is 5.97 Å². The average molecular weight is 557 g/mol. The van der Waals surface area contributed by atoms with Crippen LogP contribution in [0.25, 0.3) is 6.08 Å². The molecule has 0 aliphatic carbocycles. The second-order valence-electron chi connectivity index (χ2n) is 7.29. The van der Waals surface area contributed by atoms with Crippen LogP contribution in [0.15, 0.2) is 71.4 Å². The summed E-state index contributed by atoms with van der Waals surface area (Å²) >= 11 is 2.18. The van der Waals surface area contributed by atoms with Crippen LogP contribution < -0.4 is 9.47 Å². The van der Waals surface area contributed by atoms with E-state index in [4.69, 9.17) is 14.2 Å². The lowest BCUT2D eigenvalue weighted by atomic mass is 10.1. The van der Waals surface area contributed by atoms with Gasteiger partial charge in [-0.3, -0.25) is 0 Å². The molecule has 5 nitrogen and oxygen atoms in total. The van der Waals surface area contributed by atoms with Gasteiger partial charge in [0.1, 0.15) is 12.4 Å². The molecule has 3 aromatic carbocycles. The van der Waals surface area contributed by atoms with E-state index in [1.165, 1.54) is 12.1 Å². The number of nitrogens with zero attached hydrogens (tertiary/aromatic N) is 1. The quantitative estimate of drug-likeness (QED) is 0.201. The van der Waals surface area contributed by atoms with Crippen LogP contribution in [0.3, 0.4) is 0 Å². The number of hydrogen-bond donors (Lipinski definition) is 0. The van der Waals surface area contributed by atoms with Crippen molar-refractivity contribution in [1.82, 2.24) is 0 Å². The van der Waals surface area contributed by atoms with Gasteiger partial charge < -0.3 is 14.2 Å². The number of rotatable bonds is 7. The van der Waals surface area contributed by atoms with Crippen molar-refractivity contribution >= 4 is 40.5 Å². The summed E-state index contributed by atoms with van der Waals surface area (Å²) < 4.78 is 32.0. The van der Waals surface area contributed by atoms with Gasteiger partial charge in [0.2, 0.25) is 5.90 Å². The van der Waals surface area contributed by atoms with Crippen molar-refractivity contribution in [2.75, 3.05) is 6.61 Å². The predicted octanol–water partition coefficient (Wildman–Crippen LogP) is 6.06. The third-order valence-corrected chi connectivity index (χ3v) is 5.79. The molecule has 0 saturated carbocycles. The zero-order valence-electron chi connectivity index (χ0n) is 18.1. The Balaban J connectivity index is 1.63. The fourth-order valence-electron chi connectivity index (χ4n) is 3.31. The molecule has 3 aromatic rings. The van der Waals surface area contributed by atoms with Gasteiger partial charge in [0.25, 0.3) is 0 Å². The predicted molar refractivity (Wildman–Crippen MR) is 133 cm³/mol. The molecule has 0 radical (unpaired) electrons. The highest BCUT2D eigenvalue weighted by Crippen LogP contribution is 2.36. The molecule has 0 atom stereocenters. The van der Waals surface area contributed by atoms with E-state index in [1.807, 2.05) is 44.2 Å². The maximum atomic E-state index is 14.1. The van der Waals surface area contributed by atoms with E-state index >= 15 is 0 Å². The molecule has 0 fully saturated rings. The largest absolute Gasteiger partial charge is 0.490 e. The fourth-order valence-corrected chi connectivity index (χ4v) is 4.09. The number of hydrogen-bond acceptors (Lipinski definition) is 5. The topological polar surface area (TPSA) is 57.1 Å². The Morgan fingerprint density at radius 3 is 2.61 bits per heavy atom. The lowest BCUT2D eigenvalue weighted by Gasteiger charge is -2.15. The van der Waals surface area contributed by atoms with Gasteiger partial charge in [-0.2, -0.15) is 0 Å². The number of carbonyl (C=O) groups is 1. The van der Waals surface area contributed by atoms with E-state index < -0.39 is 11.8 Å². The van der Waals surface area contributed by atoms with Gasteiger partial charge in [-0.25, -0.2) is 14.2 Å². The number of aryl methyl sites for hydroxylation is 1. The number of halogens is 2. The highest BCUT2D eigenvalue weighted by molar-refractivity contribution is 14.1. The first-order valence-electron chi connectivity index (χ1n) is 10.4. The molecule has 4 rings (SSSR count). The molecule has 1 aliphatic rings. The first-order chi connectivity index (χ1) is 16.0. The summed E-state index contributed by atoms with van der Waals surface area (Å²) in [6.07, 6.45) is 1.59. The van der Waals surface area contributed by atoms with Gasteiger partial charge in [0, 0.05) is 0 Å². The van der Waals surface area contributed by atoms with Crippen LogP contribution in [0, 0.1) is 16.3 Å². The molecule has 0 spiro atoms.